The molecule has 8 nitrogen and oxygen atoms in total. The molecule has 0 spiro atoms. The smallest absolute Gasteiger partial charge is 0.306 e. The SMILES string of the molecule is CC/C=C/C=C/C=C/C=C/CCCCCCCC(=O)OC(COCCC(C(=O)[O-])[N+](C)(C)C)COC(=O)CC/C=C/C/C=C/C/C=C/C/C=C/C/C=C/CC. The lowest BCUT2D eigenvalue weighted by molar-refractivity contribution is -0.889. The molecule has 0 aromatic heterocycles. The van der Waals surface area contributed by atoms with Crippen LogP contribution in [-0.4, -0.2) is 75.5 Å². The maximum Gasteiger partial charge on any atom is 0.306 e. The van der Waals surface area contributed by atoms with Gasteiger partial charge in [-0.15, -0.1) is 0 Å². The number of quaternary nitrogens is 1. The summed E-state index contributed by atoms with van der Waals surface area (Å²) < 4.78 is 17.0. The number of carboxylic acid groups (broad SMARTS) is 1. The molecule has 0 rings (SSSR count). The number of nitrogens with zero attached hydrogens (tertiary/aromatic N) is 1. The van der Waals surface area contributed by atoms with Gasteiger partial charge in [0, 0.05) is 19.3 Å². The summed E-state index contributed by atoms with van der Waals surface area (Å²) in [5.74, 6) is -1.89. The van der Waals surface area contributed by atoms with Gasteiger partial charge in [-0.25, -0.2) is 0 Å². The summed E-state index contributed by atoms with van der Waals surface area (Å²) in [5.41, 5.74) is 0. The largest absolute Gasteiger partial charge is 0.544 e. The van der Waals surface area contributed by atoms with E-state index in [1.807, 2.05) is 42.5 Å². The summed E-state index contributed by atoms with van der Waals surface area (Å²) in [5, 5.41) is 11.6. The average Bonchev–Trinajstić information content (AvgIpc) is 3.14. The molecule has 0 heterocycles. The highest BCUT2D eigenvalue weighted by molar-refractivity contribution is 5.70. The summed E-state index contributed by atoms with van der Waals surface area (Å²) in [6, 6.07) is -0.747. The van der Waals surface area contributed by atoms with Gasteiger partial charge in [0.2, 0.25) is 0 Å². The number of hydrogen-bond acceptors (Lipinski definition) is 7. The van der Waals surface area contributed by atoms with E-state index in [-0.39, 0.29) is 55.5 Å². The molecule has 2 atom stereocenters. The fraction of sp³-hybridized carbons (Fsp3) is 0.553. The number of ether oxygens (including phenoxy) is 3. The molecule has 0 aromatic carbocycles. The van der Waals surface area contributed by atoms with Gasteiger partial charge in [-0.1, -0.05) is 142 Å². The highest BCUT2D eigenvalue weighted by Crippen LogP contribution is 2.11. The first kappa shape index (κ1) is 51.0. The van der Waals surface area contributed by atoms with Gasteiger partial charge in [-0.3, -0.25) is 9.59 Å². The van der Waals surface area contributed by atoms with E-state index in [0.717, 1.165) is 70.6 Å². The molecule has 0 radical (unpaired) electrons. The van der Waals surface area contributed by atoms with Gasteiger partial charge in [0.25, 0.3) is 0 Å². The molecule has 2 unspecified atom stereocenters. The number of aliphatic carboxylic acids is 1. The van der Waals surface area contributed by atoms with Crippen molar-refractivity contribution in [2.24, 2.45) is 0 Å². The number of carbonyl (C=O) groups excluding carboxylic acids is 3. The van der Waals surface area contributed by atoms with E-state index >= 15 is 0 Å². The zero-order chi connectivity index (χ0) is 40.7. The summed E-state index contributed by atoms with van der Waals surface area (Å²) in [4.78, 5) is 36.7. The number of carbonyl (C=O) groups is 3. The average molecular weight is 764 g/mol. The molecule has 0 aliphatic heterocycles. The maximum absolute atomic E-state index is 12.7. The molecule has 0 amide bonds. The molecule has 308 valence electrons. The van der Waals surface area contributed by atoms with Gasteiger partial charge in [0.15, 0.2) is 6.10 Å². The number of likely N-dealkylation sites (N-methyl/N-ethyl adjacent to an activating group) is 1. The topological polar surface area (TPSA) is 102 Å². The quantitative estimate of drug-likeness (QED) is 0.0212. The van der Waals surface area contributed by atoms with E-state index in [0.29, 0.717) is 12.8 Å². The van der Waals surface area contributed by atoms with Crippen molar-refractivity contribution in [2.75, 3.05) is 41.0 Å². The van der Waals surface area contributed by atoms with Gasteiger partial charge >= 0.3 is 11.9 Å². The summed E-state index contributed by atoms with van der Waals surface area (Å²) in [7, 11) is 5.35. The second-order valence-corrected chi connectivity index (χ2v) is 14.2. The molecular formula is C47H73NO7. The predicted molar refractivity (Wildman–Crippen MR) is 226 cm³/mol. The normalized spacial score (nSPS) is 14.1. The van der Waals surface area contributed by atoms with Crippen LogP contribution in [0, 0.1) is 0 Å². The number of rotatable bonds is 34. The first-order valence-corrected chi connectivity index (χ1v) is 20.5. The fourth-order valence-corrected chi connectivity index (χ4v) is 5.13. The van der Waals surface area contributed by atoms with Crippen molar-refractivity contribution >= 4 is 17.9 Å². The lowest BCUT2D eigenvalue weighted by Gasteiger charge is -2.34. The zero-order valence-electron chi connectivity index (χ0n) is 34.8. The zero-order valence-corrected chi connectivity index (χ0v) is 34.8. The first-order chi connectivity index (χ1) is 26.6. The van der Waals surface area contributed by atoms with E-state index in [4.69, 9.17) is 14.2 Å². The standard InChI is InChI=1S/C47H73NO7/c1-6-8-10-12-14-16-18-20-22-24-25-27-29-31-33-35-37-45(49)54-42-43(41-53-40-39-44(47(51)52)48(3,4)5)55-46(50)38-36-34-32-30-28-26-23-21-19-17-15-13-11-9-7-2/h8-11,13-17,19-23,25,27,31,33,43-44H,6-7,12,18,24,26,28-30,32,34-42H2,1-5H3/b10-8+,11-9+,15-13+,16-14+,19-17+,22-20+,23-21+,27-25+,33-31+. The molecule has 0 bridgehead atoms. The van der Waals surface area contributed by atoms with Crippen molar-refractivity contribution < 1.29 is 38.2 Å². The van der Waals surface area contributed by atoms with Crippen molar-refractivity contribution in [3.63, 3.8) is 0 Å². The van der Waals surface area contributed by atoms with E-state index in [1.54, 1.807) is 21.1 Å². The molecular weight excluding hydrogens is 691 g/mol. The van der Waals surface area contributed by atoms with E-state index in [9.17, 15) is 19.5 Å². The van der Waals surface area contributed by atoms with Crippen LogP contribution in [0.4, 0.5) is 0 Å². The minimum Gasteiger partial charge on any atom is -0.544 e. The summed E-state index contributed by atoms with van der Waals surface area (Å²) in [6.07, 6.45) is 49.8. The van der Waals surface area contributed by atoms with Crippen LogP contribution >= 0.6 is 0 Å². The van der Waals surface area contributed by atoms with Crippen molar-refractivity contribution in [1.82, 2.24) is 0 Å². The Kier molecular flexibility index (Phi) is 34.2. The maximum atomic E-state index is 12.7. The van der Waals surface area contributed by atoms with Crippen LogP contribution in [0.2, 0.25) is 0 Å². The molecule has 55 heavy (non-hydrogen) atoms. The lowest BCUT2D eigenvalue weighted by atomic mass is 10.1. The number of unbranched alkanes of at least 4 members (excludes halogenated alkanes) is 5. The van der Waals surface area contributed by atoms with Crippen LogP contribution in [0.15, 0.2) is 109 Å². The van der Waals surface area contributed by atoms with Gasteiger partial charge in [-0.2, -0.15) is 0 Å². The van der Waals surface area contributed by atoms with Crippen LogP contribution in [0.25, 0.3) is 0 Å². The van der Waals surface area contributed by atoms with Gasteiger partial charge in [0.05, 0.1) is 40.3 Å². The predicted octanol–water partition coefficient (Wildman–Crippen LogP) is 9.57. The van der Waals surface area contributed by atoms with Crippen LogP contribution in [0.3, 0.4) is 0 Å². The summed E-state index contributed by atoms with van der Waals surface area (Å²) >= 11 is 0. The Morgan fingerprint density at radius 3 is 1.67 bits per heavy atom. The minimum atomic E-state index is -1.15. The van der Waals surface area contributed by atoms with E-state index in [1.165, 1.54) is 0 Å². The Bertz CT molecular complexity index is 1260. The molecule has 0 N–H and O–H groups in total. The van der Waals surface area contributed by atoms with Gasteiger partial charge < -0.3 is 28.6 Å². The van der Waals surface area contributed by atoms with Crippen LogP contribution in [0.5, 0.6) is 0 Å². The third-order valence-corrected chi connectivity index (χ3v) is 8.26. The molecule has 0 aromatic rings. The Balaban J connectivity index is 4.58. The van der Waals surface area contributed by atoms with Crippen LogP contribution in [0.1, 0.15) is 117 Å². The van der Waals surface area contributed by atoms with Crippen molar-refractivity contribution in [3.8, 4) is 0 Å². The Labute approximate surface area is 334 Å². The van der Waals surface area contributed by atoms with Crippen molar-refractivity contribution in [3.05, 3.63) is 109 Å². The number of allylic oxidation sites excluding steroid dienone is 18. The first-order valence-electron chi connectivity index (χ1n) is 20.5. The van der Waals surface area contributed by atoms with E-state index in [2.05, 4.69) is 80.7 Å². The third-order valence-electron chi connectivity index (χ3n) is 8.26. The van der Waals surface area contributed by atoms with Crippen LogP contribution in [-0.2, 0) is 28.6 Å². The lowest BCUT2D eigenvalue weighted by Crippen LogP contribution is -2.55. The molecule has 0 fully saturated rings. The number of esters is 2. The highest BCUT2D eigenvalue weighted by atomic mass is 16.6. The van der Waals surface area contributed by atoms with E-state index < -0.39 is 18.1 Å². The second-order valence-electron chi connectivity index (χ2n) is 14.2. The summed E-state index contributed by atoms with van der Waals surface area (Å²) in [6.45, 7) is 4.26. The van der Waals surface area contributed by atoms with Gasteiger partial charge in [0.1, 0.15) is 12.6 Å². The van der Waals surface area contributed by atoms with Gasteiger partial charge in [-0.05, 0) is 64.2 Å². The highest BCUT2D eigenvalue weighted by Gasteiger charge is 2.25. The molecule has 0 saturated heterocycles. The molecule has 0 aliphatic carbocycles. The number of hydrogen-bond donors (Lipinski definition) is 0. The third kappa shape index (κ3) is 35.4. The Hall–Kier alpha value is -4.01. The molecule has 0 aliphatic rings. The Morgan fingerprint density at radius 2 is 1.09 bits per heavy atom. The van der Waals surface area contributed by atoms with Crippen LogP contribution < -0.4 is 5.11 Å². The van der Waals surface area contributed by atoms with Crippen molar-refractivity contribution in [2.45, 2.75) is 129 Å². The molecule has 0 saturated carbocycles. The number of carboxylic acids is 1. The fourth-order valence-electron chi connectivity index (χ4n) is 5.13. The second kappa shape index (κ2) is 36.9. The Morgan fingerprint density at radius 1 is 0.564 bits per heavy atom. The van der Waals surface area contributed by atoms with Crippen molar-refractivity contribution in [1.29, 1.82) is 0 Å². The minimum absolute atomic E-state index is 0.000396. The monoisotopic (exact) mass is 764 g/mol. The molecule has 8 heteroatoms.